The van der Waals surface area contributed by atoms with E-state index in [0.717, 1.165) is 23.2 Å². The number of fused-ring (bicyclic) bond motifs is 1. The molecule has 2 heterocycles. The van der Waals surface area contributed by atoms with Crippen LogP contribution in [-0.4, -0.2) is 19.3 Å². The lowest BCUT2D eigenvalue weighted by atomic mass is 10.1. The summed E-state index contributed by atoms with van der Waals surface area (Å²) >= 11 is 6.08. The lowest BCUT2D eigenvalue weighted by Gasteiger charge is -2.00. The summed E-state index contributed by atoms with van der Waals surface area (Å²) in [5.74, 6) is 0. The Hall–Kier alpha value is -2.47. The lowest BCUT2D eigenvalue weighted by molar-refractivity contribution is -0.384. The topological polar surface area (TPSA) is 73.3 Å². The van der Waals surface area contributed by atoms with E-state index in [1.54, 1.807) is 28.9 Å². The molecule has 0 aliphatic heterocycles. The van der Waals surface area contributed by atoms with Gasteiger partial charge in [0, 0.05) is 35.7 Å². The molecule has 0 spiro atoms. The van der Waals surface area contributed by atoms with Gasteiger partial charge >= 0.3 is 0 Å². The van der Waals surface area contributed by atoms with E-state index in [9.17, 15) is 10.1 Å². The van der Waals surface area contributed by atoms with Gasteiger partial charge in [-0.1, -0.05) is 6.92 Å². The number of nitro groups is 1. The van der Waals surface area contributed by atoms with Gasteiger partial charge < -0.3 is 0 Å². The predicted molar refractivity (Wildman–Crippen MR) is 79.5 cm³/mol. The van der Waals surface area contributed by atoms with E-state index in [4.69, 9.17) is 11.6 Å². The minimum atomic E-state index is -0.427. The first-order valence-corrected chi connectivity index (χ1v) is 6.75. The number of non-ortho nitro benzene ring substituents is 1. The maximum atomic E-state index is 10.7. The summed E-state index contributed by atoms with van der Waals surface area (Å²) < 4.78 is 1.72. The van der Waals surface area contributed by atoms with Gasteiger partial charge in [-0.3, -0.25) is 14.5 Å². The number of hydrogen-bond acceptors (Lipinski definition) is 4. The zero-order chi connectivity index (χ0) is 15.0. The van der Waals surface area contributed by atoms with Crippen LogP contribution in [0.3, 0.4) is 0 Å². The predicted octanol–water partition coefficient (Wildman–Crippen LogP) is 3.52. The second kappa shape index (κ2) is 5.14. The van der Waals surface area contributed by atoms with Crippen molar-refractivity contribution < 1.29 is 4.92 Å². The second-order valence-corrected chi connectivity index (χ2v) is 4.87. The van der Waals surface area contributed by atoms with Crippen LogP contribution in [0.15, 0.2) is 36.7 Å². The molecule has 0 atom stereocenters. The Morgan fingerprint density at radius 2 is 2.05 bits per heavy atom. The first-order valence-electron chi connectivity index (χ1n) is 6.37. The van der Waals surface area contributed by atoms with Gasteiger partial charge in [0.2, 0.25) is 5.28 Å². The van der Waals surface area contributed by atoms with E-state index in [1.165, 1.54) is 12.1 Å². The number of aromatic nitrogens is 3. The van der Waals surface area contributed by atoms with E-state index in [0.29, 0.717) is 11.0 Å². The van der Waals surface area contributed by atoms with Crippen molar-refractivity contribution in [3.8, 4) is 11.3 Å². The maximum absolute atomic E-state index is 10.7. The van der Waals surface area contributed by atoms with Crippen molar-refractivity contribution in [1.29, 1.82) is 0 Å². The quantitative estimate of drug-likeness (QED) is 0.421. The molecule has 0 saturated carbocycles. The zero-order valence-corrected chi connectivity index (χ0v) is 11.9. The molecule has 0 aliphatic carbocycles. The average Bonchev–Trinajstić information content (AvgIpc) is 2.94. The molecule has 3 aromatic rings. The minimum absolute atomic E-state index is 0.0523. The molecule has 106 valence electrons. The third kappa shape index (κ3) is 2.34. The Balaban J connectivity index is 2.12. The van der Waals surface area contributed by atoms with Gasteiger partial charge in [0.25, 0.3) is 5.69 Å². The van der Waals surface area contributed by atoms with Crippen LogP contribution >= 0.6 is 11.6 Å². The number of nitro benzene ring substituents is 1. The van der Waals surface area contributed by atoms with Gasteiger partial charge in [0.1, 0.15) is 5.65 Å². The van der Waals surface area contributed by atoms with E-state index >= 15 is 0 Å². The summed E-state index contributed by atoms with van der Waals surface area (Å²) in [4.78, 5) is 18.9. The van der Waals surface area contributed by atoms with Gasteiger partial charge in [-0.05, 0) is 30.2 Å². The third-order valence-electron chi connectivity index (χ3n) is 3.27. The zero-order valence-electron chi connectivity index (χ0n) is 11.2. The smallest absolute Gasteiger partial charge is 0.269 e. The average molecular weight is 303 g/mol. The highest BCUT2D eigenvalue weighted by atomic mass is 35.5. The van der Waals surface area contributed by atoms with E-state index in [-0.39, 0.29) is 5.69 Å². The second-order valence-electron chi connectivity index (χ2n) is 4.53. The molecule has 21 heavy (non-hydrogen) atoms. The SMILES string of the molecule is CCc1cnc(Cl)n2cc(-c3ccc([N+](=O)[O-])cc3)nc12. The summed E-state index contributed by atoms with van der Waals surface area (Å²) in [5.41, 5.74) is 3.30. The van der Waals surface area contributed by atoms with Crippen molar-refractivity contribution in [3.63, 3.8) is 0 Å². The molecule has 1 aromatic carbocycles. The van der Waals surface area contributed by atoms with Crippen LogP contribution in [-0.2, 0) is 6.42 Å². The molecule has 0 saturated heterocycles. The molecule has 6 nitrogen and oxygen atoms in total. The summed E-state index contributed by atoms with van der Waals surface area (Å²) in [6.07, 6.45) is 4.29. The van der Waals surface area contributed by atoms with Gasteiger partial charge in [-0.25, -0.2) is 9.97 Å². The Morgan fingerprint density at radius 3 is 2.67 bits per heavy atom. The first-order chi connectivity index (χ1) is 10.1. The molecule has 7 heteroatoms. The molecule has 2 aromatic heterocycles. The molecule has 0 aliphatic rings. The van der Waals surface area contributed by atoms with Crippen molar-refractivity contribution in [1.82, 2.24) is 14.4 Å². The number of imidazole rings is 1. The normalized spacial score (nSPS) is 11.0. The molecule has 0 N–H and O–H groups in total. The van der Waals surface area contributed by atoms with Gasteiger partial charge in [0.05, 0.1) is 10.6 Å². The maximum Gasteiger partial charge on any atom is 0.269 e. The monoisotopic (exact) mass is 302 g/mol. The number of rotatable bonds is 3. The largest absolute Gasteiger partial charge is 0.274 e. The Kier molecular flexibility index (Phi) is 3.31. The molecule has 0 unspecified atom stereocenters. The van der Waals surface area contributed by atoms with Crippen molar-refractivity contribution in [3.05, 3.63) is 57.6 Å². The fourth-order valence-electron chi connectivity index (χ4n) is 2.14. The molecular weight excluding hydrogens is 292 g/mol. The lowest BCUT2D eigenvalue weighted by Crippen LogP contribution is -1.94. The van der Waals surface area contributed by atoms with Crippen LogP contribution in [0.25, 0.3) is 16.9 Å². The molecule has 0 bridgehead atoms. The van der Waals surface area contributed by atoms with E-state index in [2.05, 4.69) is 9.97 Å². The number of nitrogens with zero attached hydrogens (tertiary/aromatic N) is 4. The number of aryl methyl sites for hydroxylation is 1. The van der Waals surface area contributed by atoms with Crippen LogP contribution in [0.2, 0.25) is 5.28 Å². The summed E-state index contributed by atoms with van der Waals surface area (Å²) in [5, 5.41) is 11.0. The van der Waals surface area contributed by atoms with Crippen molar-refractivity contribution in [2.24, 2.45) is 0 Å². The Morgan fingerprint density at radius 1 is 1.33 bits per heavy atom. The fraction of sp³-hybridized carbons (Fsp3) is 0.143. The number of halogens is 1. The summed E-state index contributed by atoms with van der Waals surface area (Å²) in [7, 11) is 0. The van der Waals surface area contributed by atoms with Gasteiger partial charge in [-0.15, -0.1) is 0 Å². The molecular formula is C14H11ClN4O2. The van der Waals surface area contributed by atoms with Crippen LogP contribution in [0.1, 0.15) is 12.5 Å². The first kappa shape index (κ1) is 13.5. The Labute approximate surface area is 125 Å². The highest BCUT2D eigenvalue weighted by molar-refractivity contribution is 6.28. The van der Waals surface area contributed by atoms with E-state index in [1.807, 2.05) is 6.92 Å². The van der Waals surface area contributed by atoms with Gasteiger partial charge in [0.15, 0.2) is 0 Å². The van der Waals surface area contributed by atoms with Crippen LogP contribution in [0, 0.1) is 10.1 Å². The number of benzene rings is 1. The van der Waals surface area contributed by atoms with Crippen molar-refractivity contribution in [2.75, 3.05) is 0 Å². The minimum Gasteiger partial charge on any atom is -0.274 e. The highest BCUT2D eigenvalue weighted by Gasteiger charge is 2.12. The van der Waals surface area contributed by atoms with E-state index < -0.39 is 4.92 Å². The summed E-state index contributed by atoms with van der Waals surface area (Å²) in [6, 6.07) is 6.26. The fourth-order valence-corrected chi connectivity index (χ4v) is 2.32. The molecule has 0 radical (unpaired) electrons. The summed E-state index contributed by atoms with van der Waals surface area (Å²) in [6.45, 7) is 2.02. The van der Waals surface area contributed by atoms with Crippen molar-refractivity contribution >= 4 is 22.9 Å². The molecule has 0 amide bonds. The molecule has 0 fully saturated rings. The highest BCUT2D eigenvalue weighted by Crippen LogP contribution is 2.24. The van der Waals surface area contributed by atoms with Crippen LogP contribution in [0.4, 0.5) is 5.69 Å². The molecule has 3 rings (SSSR count). The van der Waals surface area contributed by atoms with Crippen molar-refractivity contribution in [2.45, 2.75) is 13.3 Å². The van der Waals surface area contributed by atoms with Crippen LogP contribution < -0.4 is 0 Å². The standard InChI is InChI=1S/C14H11ClN4O2/c1-2-9-7-16-14(15)18-8-12(17-13(9)18)10-3-5-11(6-4-10)19(20)21/h3-8H,2H2,1H3. The van der Waals surface area contributed by atoms with Crippen LogP contribution in [0.5, 0.6) is 0 Å². The Bertz CT molecular complexity index is 827. The number of hydrogen-bond donors (Lipinski definition) is 0. The van der Waals surface area contributed by atoms with Gasteiger partial charge in [-0.2, -0.15) is 0 Å². The third-order valence-corrected chi connectivity index (χ3v) is 3.55.